The minimum absolute atomic E-state index is 0.193. The van der Waals surface area contributed by atoms with E-state index in [2.05, 4.69) is 5.32 Å². The van der Waals surface area contributed by atoms with Gasteiger partial charge in [0.2, 0.25) is 0 Å². The van der Waals surface area contributed by atoms with Gasteiger partial charge < -0.3 is 10.1 Å². The van der Waals surface area contributed by atoms with Crippen LogP contribution in [0, 0.1) is 5.92 Å². The molecule has 0 aromatic carbocycles. The number of hydrogen-bond donors (Lipinski definition) is 1. The summed E-state index contributed by atoms with van der Waals surface area (Å²) in [7, 11) is 0. The fourth-order valence-electron chi connectivity index (χ4n) is 2.24. The van der Waals surface area contributed by atoms with Crippen molar-refractivity contribution in [1.29, 1.82) is 0 Å². The summed E-state index contributed by atoms with van der Waals surface area (Å²) < 4.78 is 5.25. The van der Waals surface area contributed by atoms with Gasteiger partial charge >= 0.3 is 0 Å². The van der Waals surface area contributed by atoms with Gasteiger partial charge in [0.05, 0.1) is 6.61 Å². The number of piperidine rings is 1. The van der Waals surface area contributed by atoms with Gasteiger partial charge in [-0.15, -0.1) is 0 Å². The Bertz CT molecular complexity index is 254. The predicted octanol–water partition coefficient (Wildman–Crippen LogP) is 1.64. The van der Waals surface area contributed by atoms with Crippen molar-refractivity contribution in [3.8, 4) is 0 Å². The highest BCUT2D eigenvalue weighted by atomic mass is 16.5. The molecule has 0 aliphatic carbocycles. The first-order chi connectivity index (χ1) is 7.36. The molecule has 3 nitrogen and oxygen atoms in total. The van der Waals surface area contributed by atoms with Crippen LogP contribution in [-0.2, 0) is 9.53 Å². The molecule has 84 valence electrons. The molecule has 2 aliphatic heterocycles. The van der Waals surface area contributed by atoms with Crippen molar-refractivity contribution in [2.75, 3.05) is 19.7 Å². The predicted molar refractivity (Wildman–Crippen MR) is 58.5 cm³/mol. The minimum atomic E-state index is 0.193. The van der Waals surface area contributed by atoms with Crippen molar-refractivity contribution in [2.45, 2.75) is 32.1 Å². The fraction of sp³-hybridized carbons (Fsp3) is 0.750. The summed E-state index contributed by atoms with van der Waals surface area (Å²) in [5, 5.41) is 3.37. The average Bonchev–Trinajstić information content (AvgIpc) is 2.81. The monoisotopic (exact) mass is 209 g/mol. The molecule has 0 radical (unpaired) electrons. The van der Waals surface area contributed by atoms with Crippen molar-refractivity contribution in [1.82, 2.24) is 5.32 Å². The van der Waals surface area contributed by atoms with Crippen LogP contribution in [0.15, 0.2) is 11.8 Å². The molecule has 0 amide bonds. The smallest absolute Gasteiger partial charge is 0.197 e. The van der Waals surface area contributed by atoms with Gasteiger partial charge in [-0.25, -0.2) is 0 Å². The zero-order chi connectivity index (χ0) is 10.5. The van der Waals surface area contributed by atoms with Gasteiger partial charge in [-0.3, -0.25) is 4.79 Å². The summed E-state index contributed by atoms with van der Waals surface area (Å²) in [6, 6.07) is 0. The molecule has 1 fully saturated rings. The molecule has 2 heterocycles. The normalized spacial score (nSPS) is 25.9. The molecule has 0 spiro atoms. The van der Waals surface area contributed by atoms with E-state index in [4.69, 9.17) is 4.74 Å². The molecular formula is C12H19NO2. The Morgan fingerprint density at radius 2 is 2.53 bits per heavy atom. The summed E-state index contributed by atoms with van der Waals surface area (Å²) in [6.45, 7) is 2.90. The van der Waals surface area contributed by atoms with Crippen molar-refractivity contribution in [3.05, 3.63) is 11.8 Å². The van der Waals surface area contributed by atoms with Crippen LogP contribution in [0.25, 0.3) is 0 Å². The number of carbonyl (C=O) groups excluding carboxylic acids is 1. The highest BCUT2D eigenvalue weighted by Gasteiger charge is 2.18. The second kappa shape index (κ2) is 5.31. The minimum Gasteiger partial charge on any atom is -0.490 e. The van der Waals surface area contributed by atoms with E-state index in [1.165, 1.54) is 12.8 Å². The summed E-state index contributed by atoms with van der Waals surface area (Å²) in [5.41, 5.74) is 0. The molecule has 2 rings (SSSR count). The molecule has 15 heavy (non-hydrogen) atoms. The zero-order valence-corrected chi connectivity index (χ0v) is 9.13. The number of ether oxygens (including phenoxy) is 1. The molecule has 1 unspecified atom stereocenters. The Kier molecular flexibility index (Phi) is 3.78. The third-order valence-electron chi connectivity index (χ3n) is 3.16. The van der Waals surface area contributed by atoms with Crippen LogP contribution in [0.1, 0.15) is 32.1 Å². The topological polar surface area (TPSA) is 38.3 Å². The Hall–Kier alpha value is -0.830. The molecule has 0 bridgehead atoms. The van der Waals surface area contributed by atoms with Crippen LogP contribution < -0.4 is 5.32 Å². The molecule has 0 aromatic rings. The van der Waals surface area contributed by atoms with Crippen molar-refractivity contribution in [3.63, 3.8) is 0 Å². The van der Waals surface area contributed by atoms with E-state index in [0.29, 0.717) is 24.7 Å². The molecule has 1 atom stereocenters. The quantitative estimate of drug-likeness (QED) is 0.765. The van der Waals surface area contributed by atoms with Crippen LogP contribution >= 0.6 is 0 Å². The molecule has 0 aromatic heterocycles. The number of hydrogen-bond acceptors (Lipinski definition) is 3. The van der Waals surface area contributed by atoms with Gasteiger partial charge in [0.25, 0.3) is 0 Å². The maximum Gasteiger partial charge on any atom is 0.197 e. The molecule has 1 N–H and O–H groups in total. The van der Waals surface area contributed by atoms with Gasteiger partial charge in [0.15, 0.2) is 11.5 Å². The standard InChI is InChI=1S/C12H19NO2/c14-11(12-4-2-8-15-12)6-5-10-3-1-7-13-9-10/h4,10,13H,1-3,5-9H2. The summed E-state index contributed by atoms with van der Waals surface area (Å²) in [6.07, 6.45) is 6.98. The Morgan fingerprint density at radius 1 is 1.60 bits per heavy atom. The lowest BCUT2D eigenvalue weighted by Crippen LogP contribution is -2.30. The average molecular weight is 209 g/mol. The number of nitrogens with one attached hydrogen (secondary N) is 1. The first-order valence-electron chi connectivity index (χ1n) is 5.93. The lowest BCUT2D eigenvalue weighted by Gasteiger charge is -2.22. The second-order valence-electron chi connectivity index (χ2n) is 4.38. The largest absolute Gasteiger partial charge is 0.490 e. The van der Waals surface area contributed by atoms with E-state index in [1.54, 1.807) is 0 Å². The highest BCUT2D eigenvalue weighted by Crippen LogP contribution is 2.19. The molecule has 3 heteroatoms. The van der Waals surface area contributed by atoms with E-state index in [-0.39, 0.29) is 5.78 Å². The van der Waals surface area contributed by atoms with Crippen LogP contribution in [0.3, 0.4) is 0 Å². The van der Waals surface area contributed by atoms with Gasteiger partial charge in [-0.05, 0) is 44.3 Å². The van der Waals surface area contributed by atoms with E-state index in [0.717, 1.165) is 25.9 Å². The highest BCUT2D eigenvalue weighted by molar-refractivity contribution is 5.93. The zero-order valence-electron chi connectivity index (χ0n) is 9.13. The third kappa shape index (κ3) is 3.06. The van der Waals surface area contributed by atoms with Gasteiger partial charge in [0.1, 0.15) is 0 Å². The first-order valence-corrected chi connectivity index (χ1v) is 5.93. The lowest BCUT2D eigenvalue weighted by molar-refractivity contribution is -0.118. The SMILES string of the molecule is O=C(CCC1CCCNC1)C1=CCCO1. The molecule has 1 saturated heterocycles. The van der Waals surface area contributed by atoms with Crippen molar-refractivity contribution in [2.24, 2.45) is 5.92 Å². The summed E-state index contributed by atoms with van der Waals surface area (Å²) in [5.74, 6) is 1.49. The van der Waals surface area contributed by atoms with Gasteiger partial charge in [0, 0.05) is 12.8 Å². The Balaban J connectivity index is 1.70. The molecule has 0 saturated carbocycles. The van der Waals surface area contributed by atoms with E-state index >= 15 is 0 Å². The Labute approximate surface area is 90.9 Å². The first kappa shape index (κ1) is 10.7. The summed E-state index contributed by atoms with van der Waals surface area (Å²) in [4.78, 5) is 11.7. The maximum absolute atomic E-state index is 11.7. The number of Topliss-reactive ketones (excluding diaryl/α,β-unsaturated/α-hetero) is 1. The van der Waals surface area contributed by atoms with Crippen molar-refractivity contribution < 1.29 is 9.53 Å². The van der Waals surface area contributed by atoms with Crippen LogP contribution in [-0.4, -0.2) is 25.5 Å². The van der Waals surface area contributed by atoms with E-state index in [1.807, 2.05) is 6.08 Å². The summed E-state index contributed by atoms with van der Waals surface area (Å²) >= 11 is 0. The van der Waals surface area contributed by atoms with Crippen LogP contribution in [0.4, 0.5) is 0 Å². The molecular weight excluding hydrogens is 190 g/mol. The number of rotatable bonds is 4. The Morgan fingerprint density at radius 3 is 3.20 bits per heavy atom. The van der Waals surface area contributed by atoms with E-state index in [9.17, 15) is 4.79 Å². The van der Waals surface area contributed by atoms with E-state index < -0.39 is 0 Å². The van der Waals surface area contributed by atoms with Crippen molar-refractivity contribution >= 4 is 5.78 Å². The third-order valence-corrected chi connectivity index (χ3v) is 3.16. The number of allylic oxidation sites excluding steroid dienone is 1. The van der Waals surface area contributed by atoms with Gasteiger partial charge in [-0.1, -0.05) is 0 Å². The number of ketones is 1. The maximum atomic E-state index is 11.7. The van der Waals surface area contributed by atoms with Crippen LogP contribution in [0.2, 0.25) is 0 Å². The number of carbonyl (C=O) groups is 1. The molecule has 2 aliphatic rings. The lowest BCUT2D eigenvalue weighted by atomic mass is 9.93. The fourth-order valence-corrected chi connectivity index (χ4v) is 2.24. The van der Waals surface area contributed by atoms with Crippen LogP contribution in [0.5, 0.6) is 0 Å². The van der Waals surface area contributed by atoms with Gasteiger partial charge in [-0.2, -0.15) is 0 Å². The second-order valence-corrected chi connectivity index (χ2v) is 4.38.